The maximum absolute atomic E-state index is 11.9. The highest BCUT2D eigenvalue weighted by Gasteiger charge is 2.31. The largest absolute Gasteiger partial charge is 0.381 e. The predicted molar refractivity (Wildman–Crippen MR) is 131 cm³/mol. The Balaban J connectivity index is 1.24. The van der Waals surface area contributed by atoms with Crippen LogP contribution in [0.3, 0.4) is 0 Å². The first-order valence-electron chi connectivity index (χ1n) is 12.9. The number of ether oxygens (including phenoxy) is 1. The molecule has 0 aromatic carbocycles. The minimum Gasteiger partial charge on any atom is -0.381 e. The molecule has 5 rings (SSSR count). The molecule has 0 spiro atoms. The summed E-state index contributed by atoms with van der Waals surface area (Å²) in [6.45, 7) is 9.79. The van der Waals surface area contributed by atoms with Crippen LogP contribution < -0.4 is 15.5 Å². The number of imidazole rings is 1. The van der Waals surface area contributed by atoms with Gasteiger partial charge in [0.2, 0.25) is 5.91 Å². The second-order valence-electron chi connectivity index (χ2n) is 9.85. The number of rotatable bonds is 7. The summed E-state index contributed by atoms with van der Waals surface area (Å²) in [6.07, 6.45) is 9.57. The van der Waals surface area contributed by atoms with Gasteiger partial charge in [-0.1, -0.05) is 13.8 Å². The lowest BCUT2D eigenvalue weighted by molar-refractivity contribution is -0.116. The molecular weight excluding hydrogens is 430 g/mol. The number of nitrogens with one attached hydrogen (secondary N) is 2. The van der Waals surface area contributed by atoms with Gasteiger partial charge >= 0.3 is 0 Å². The highest BCUT2D eigenvalue weighted by molar-refractivity contribution is 5.94. The fourth-order valence-electron chi connectivity index (χ4n) is 5.56. The van der Waals surface area contributed by atoms with Crippen LogP contribution in [0.15, 0.2) is 12.5 Å². The monoisotopic (exact) mass is 467 g/mol. The third-order valence-corrected chi connectivity index (χ3v) is 7.49. The number of carbonyl (C=O) groups excluding carboxylic acids is 1. The van der Waals surface area contributed by atoms with Crippen molar-refractivity contribution in [3.05, 3.63) is 29.6 Å². The van der Waals surface area contributed by atoms with Gasteiger partial charge in [-0.2, -0.15) is 0 Å². The van der Waals surface area contributed by atoms with Gasteiger partial charge in [0, 0.05) is 69.5 Å². The molecule has 2 saturated heterocycles. The van der Waals surface area contributed by atoms with E-state index in [1.165, 1.54) is 11.5 Å². The van der Waals surface area contributed by atoms with E-state index in [2.05, 4.69) is 50.1 Å². The summed E-state index contributed by atoms with van der Waals surface area (Å²) in [5.74, 6) is 3.51. The smallest absolute Gasteiger partial charge is 0.226 e. The zero-order valence-corrected chi connectivity index (χ0v) is 20.4. The van der Waals surface area contributed by atoms with E-state index in [0.717, 1.165) is 82.9 Å². The number of amides is 1. The summed E-state index contributed by atoms with van der Waals surface area (Å²) in [7, 11) is 0. The molecular formula is C25H37N7O2. The number of carbonyl (C=O) groups is 1. The van der Waals surface area contributed by atoms with Crippen LogP contribution in [-0.4, -0.2) is 64.3 Å². The van der Waals surface area contributed by atoms with Crippen molar-refractivity contribution in [3.8, 4) is 0 Å². The van der Waals surface area contributed by atoms with Crippen molar-refractivity contribution in [3.63, 3.8) is 0 Å². The van der Waals surface area contributed by atoms with Crippen molar-refractivity contribution in [1.29, 1.82) is 0 Å². The lowest BCUT2D eigenvalue weighted by atomic mass is 9.92. The van der Waals surface area contributed by atoms with Crippen LogP contribution in [0.5, 0.6) is 0 Å². The zero-order valence-electron chi connectivity index (χ0n) is 20.4. The first-order valence-corrected chi connectivity index (χ1v) is 12.9. The van der Waals surface area contributed by atoms with Gasteiger partial charge in [0.1, 0.15) is 23.8 Å². The number of anilines is 2. The Hall–Kier alpha value is -2.52. The third kappa shape index (κ3) is 4.95. The van der Waals surface area contributed by atoms with E-state index in [9.17, 15) is 4.79 Å². The molecule has 3 aliphatic heterocycles. The van der Waals surface area contributed by atoms with Crippen molar-refractivity contribution < 1.29 is 9.53 Å². The molecule has 184 valence electrons. The quantitative estimate of drug-likeness (QED) is 0.646. The van der Waals surface area contributed by atoms with Crippen molar-refractivity contribution in [2.45, 2.75) is 76.8 Å². The zero-order chi connectivity index (χ0) is 23.5. The predicted octanol–water partition coefficient (Wildman–Crippen LogP) is 2.83. The fraction of sp³-hybridized carbons (Fsp3) is 0.680. The highest BCUT2D eigenvalue weighted by Crippen LogP contribution is 2.38. The molecule has 0 bridgehead atoms. The van der Waals surface area contributed by atoms with Crippen LogP contribution in [0.25, 0.3) is 0 Å². The van der Waals surface area contributed by atoms with Crippen molar-refractivity contribution in [2.24, 2.45) is 0 Å². The van der Waals surface area contributed by atoms with Gasteiger partial charge in [-0.05, 0) is 38.0 Å². The Morgan fingerprint density at radius 1 is 1.18 bits per heavy atom. The number of fused-ring (bicyclic) bond motifs is 1. The van der Waals surface area contributed by atoms with Crippen LogP contribution in [0, 0.1) is 0 Å². The Bertz CT molecular complexity index is 993. The van der Waals surface area contributed by atoms with Crippen LogP contribution in [0.1, 0.15) is 74.9 Å². The molecule has 2 N–H and O–H groups in total. The van der Waals surface area contributed by atoms with Gasteiger partial charge < -0.3 is 24.8 Å². The van der Waals surface area contributed by atoms with Crippen molar-refractivity contribution in [2.75, 3.05) is 43.1 Å². The molecule has 0 saturated carbocycles. The molecule has 2 aromatic heterocycles. The third-order valence-electron chi connectivity index (χ3n) is 7.49. The second kappa shape index (κ2) is 10.4. The molecule has 5 heterocycles. The molecule has 34 heavy (non-hydrogen) atoms. The fourth-order valence-corrected chi connectivity index (χ4v) is 5.56. The van der Waals surface area contributed by atoms with E-state index in [0.29, 0.717) is 24.2 Å². The van der Waals surface area contributed by atoms with Crippen LogP contribution in [0.4, 0.5) is 11.6 Å². The van der Waals surface area contributed by atoms with E-state index in [-0.39, 0.29) is 11.8 Å². The maximum atomic E-state index is 11.9. The number of hydrogen-bond acceptors (Lipinski definition) is 7. The molecule has 1 amide bonds. The summed E-state index contributed by atoms with van der Waals surface area (Å²) in [4.78, 5) is 28.3. The summed E-state index contributed by atoms with van der Waals surface area (Å²) in [5, 5.41) is 6.63. The maximum Gasteiger partial charge on any atom is 0.226 e. The summed E-state index contributed by atoms with van der Waals surface area (Å²) >= 11 is 0. The summed E-state index contributed by atoms with van der Waals surface area (Å²) < 4.78 is 7.86. The SMILES string of the molecule is CCc1cn(CCNC2CCOCC2)c(C2CCN(c3ncnc4c3C(C)CC(=O)N4)CC2)n1. The number of piperidine rings is 1. The van der Waals surface area contributed by atoms with Gasteiger partial charge in [0.25, 0.3) is 0 Å². The molecule has 3 aliphatic rings. The first kappa shape index (κ1) is 23.2. The number of hydrogen-bond donors (Lipinski definition) is 2. The minimum absolute atomic E-state index is 0.0354. The normalized spacial score (nSPS) is 22.0. The molecule has 1 atom stereocenters. The Labute approximate surface area is 201 Å². The summed E-state index contributed by atoms with van der Waals surface area (Å²) in [6, 6.07) is 0.570. The van der Waals surface area contributed by atoms with Crippen molar-refractivity contribution in [1.82, 2.24) is 24.8 Å². The van der Waals surface area contributed by atoms with E-state index >= 15 is 0 Å². The summed E-state index contributed by atoms with van der Waals surface area (Å²) in [5.41, 5.74) is 2.26. The Morgan fingerprint density at radius 2 is 1.97 bits per heavy atom. The van der Waals surface area contributed by atoms with Crippen LogP contribution in [-0.2, 0) is 22.5 Å². The van der Waals surface area contributed by atoms with Gasteiger partial charge in [-0.3, -0.25) is 4.79 Å². The Kier molecular flexibility index (Phi) is 7.10. The molecule has 2 aromatic rings. The lowest BCUT2D eigenvalue weighted by Crippen LogP contribution is -2.37. The van der Waals surface area contributed by atoms with Gasteiger partial charge in [-0.15, -0.1) is 0 Å². The average molecular weight is 468 g/mol. The van der Waals surface area contributed by atoms with Gasteiger partial charge in [0.05, 0.1) is 5.69 Å². The van der Waals surface area contributed by atoms with E-state index in [1.54, 1.807) is 6.33 Å². The minimum atomic E-state index is 0.0354. The topological polar surface area (TPSA) is 97.2 Å². The number of aromatic nitrogens is 4. The van der Waals surface area contributed by atoms with E-state index in [1.807, 2.05) is 0 Å². The number of aryl methyl sites for hydroxylation is 1. The van der Waals surface area contributed by atoms with Gasteiger partial charge in [-0.25, -0.2) is 15.0 Å². The number of nitrogens with zero attached hydrogens (tertiary/aromatic N) is 5. The molecule has 0 radical (unpaired) electrons. The average Bonchev–Trinajstić information content (AvgIpc) is 3.27. The first-order chi connectivity index (χ1) is 16.6. The van der Waals surface area contributed by atoms with Crippen LogP contribution >= 0.6 is 0 Å². The molecule has 9 nitrogen and oxygen atoms in total. The van der Waals surface area contributed by atoms with E-state index < -0.39 is 0 Å². The lowest BCUT2D eigenvalue weighted by Gasteiger charge is -2.35. The van der Waals surface area contributed by atoms with Gasteiger partial charge in [0.15, 0.2) is 0 Å². The molecule has 0 aliphatic carbocycles. The standard InChI is InChI=1S/C25H37N7O2/c1-3-19-15-32(11-8-26-20-6-12-34-13-7-20)24(29-19)18-4-9-31(10-5-18)25-22-17(2)14-21(33)30-23(22)27-16-28-25/h15-18,20,26H,3-14H2,1-2H3,(H,27,28,30,33). The van der Waals surface area contributed by atoms with Crippen molar-refractivity contribution >= 4 is 17.5 Å². The van der Waals surface area contributed by atoms with Crippen LogP contribution in [0.2, 0.25) is 0 Å². The van der Waals surface area contributed by atoms with E-state index in [4.69, 9.17) is 9.72 Å². The Morgan fingerprint density at radius 3 is 2.74 bits per heavy atom. The molecule has 1 unspecified atom stereocenters. The molecule has 9 heteroatoms. The highest BCUT2D eigenvalue weighted by atomic mass is 16.5. The molecule has 2 fully saturated rings. The second-order valence-corrected chi connectivity index (χ2v) is 9.85.